The number of rotatable bonds is 3. The quantitative estimate of drug-likeness (QED) is 0.845. The Kier molecular flexibility index (Phi) is 4.49. The highest BCUT2D eigenvalue weighted by Gasteiger charge is 2.33. The zero-order valence-electron chi connectivity index (χ0n) is 15.1. The molecule has 3 rings (SSSR count). The third-order valence-electron chi connectivity index (χ3n) is 5.14. The number of hydrogen-bond donors (Lipinski definition) is 0. The van der Waals surface area contributed by atoms with Gasteiger partial charge in [0.25, 0.3) is 5.91 Å². The first-order chi connectivity index (χ1) is 11.7. The topological polar surface area (TPSA) is 59.4 Å². The predicted octanol–water partition coefficient (Wildman–Crippen LogP) is 3.02. The molecule has 0 N–H and O–H groups in total. The normalized spacial score (nSPS) is 17.9. The maximum absolute atomic E-state index is 13.2. The van der Waals surface area contributed by atoms with E-state index in [1.54, 1.807) is 6.07 Å². The van der Waals surface area contributed by atoms with Crippen LogP contribution in [-0.4, -0.2) is 36.6 Å². The van der Waals surface area contributed by atoms with Gasteiger partial charge in [-0.2, -0.15) is 0 Å². The molecule has 1 aliphatic heterocycles. The van der Waals surface area contributed by atoms with Crippen LogP contribution in [-0.2, 0) is 16.9 Å². The third-order valence-corrected chi connectivity index (χ3v) is 6.23. The number of carbonyl (C=O) groups excluding carboxylic acids is 1. The number of likely N-dealkylation sites (tertiary alicyclic amines) is 1. The Labute approximate surface area is 149 Å². The molecule has 1 fully saturated rings. The van der Waals surface area contributed by atoms with Gasteiger partial charge in [-0.15, -0.1) is 0 Å². The van der Waals surface area contributed by atoms with Crippen LogP contribution in [0.25, 0.3) is 0 Å². The molecule has 1 amide bonds. The van der Waals surface area contributed by atoms with Crippen molar-refractivity contribution in [3.63, 3.8) is 0 Å². The second-order valence-corrected chi connectivity index (χ2v) is 8.90. The van der Waals surface area contributed by atoms with Gasteiger partial charge in [0.15, 0.2) is 9.84 Å². The Morgan fingerprint density at radius 2 is 1.96 bits per heavy atom. The molecule has 0 aliphatic carbocycles. The van der Waals surface area contributed by atoms with Crippen LogP contribution in [0.4, 0.5) is 0 Å². The van der Waals surface area contributed by atoms with Crippen LogP contribution in [0.1, 0.15) is 46.1 Å². The van der Waals surface area contributed by atoms with Crippen molar-refractivity contribution in [2.75, 3.05) is 12.8 Å². The van der Waals surface area contributed by atoms with Crippen molar-refractivity contribution in [1.29, 1.82) is 0 Å². The standard InChI is InChI=1S/C19H24N2O3S/c1-13-11-15(25(4,23)24)12-16(14(13)2)19(22)21-10-6-8-18(21)17-7-5-9-20(17)3/h5,7,9,11-12,18H,6,8,10H2,1-4H3. The van der Waals surface area contributed by atoms with Gasteiger partial charge in [-0.25, -0.2) is 8.42 Å². The van der Waals surface area contributed by atoms with E-state index in [0.717, 1.165) is 29.7 Å². The monoisotopic (exact) mass is 360 g/mol. The van der Waals surface area contributed by atoms with E-state index in [2.05, 4.69) is 0 Å². The van der Waals surface area contributed by atoms with E-state index in [1.165, 1.54) is 12.3 Å². The van der Waals surface area contributed by atoms with Gasteiger partial charge in [0.2, 0.25) is 0 Å². The van der Waals surface area contributed by atoms with Gasteiger partial charge >= 0.3 is 0 Å². The molecule has 0 radical (unpaired) electrons. The van der Waals surface area contributed by atoms with Crippen molar-refractivity contribution >= 4 is 15.7 Å². The van der Waals surface area contributed by atoms with Gasteiger partial charge in [0.1, 0.15) is 0 Å². The largest absolute Gasteiger partial charge is 0.353 e. The van der Waals surface area contributed by atoms with E-state index in [0.29, 0.717) is 12.1 Å². The molecule has 0 spiro atoms. The van der Waals surface area contributed by atoms with E-state index in [-0.39, 0.29) is 16.8 Å². The summed E-state index contributed by atoms with van der Waals surface area (Å²) in [7, 11) is -1.38. The number of nitrogens with zero attached hydrogens (tertiary/aromatic N) is 2. The lowest BCUT2D eigenvalue weighted by Gasteiger charge is -2.26. The highest BCUT2D eigenvalue weighted by molar-refractivity contribution is 7.90. The van der Waals surface area contributed by atoms with Gasteiger partial charge in [0, 0.05) is 37.3 Å². The first-order valence-electron chi connectivity index (χ1n) is 8.43. The summed E-state index contributed by atoms with van der Waals surface area (Å²) in [6.45, 7) is 4.41. The number of sulfone groups is 1. The van der Waals surface area contributed by atoms with Crippen LogP contribution in [0.15, 0.2) is 35.4 Å². The molecule has 1 saturated heterocycles. The molecule has 1 unspecified atom stereocenters. The summed E-state index contributed by atoms with van der Waals surface area (Å²) in [5.74, 6) is -0.0881. The first-order valence-corrected chi connectivity index (χ1v) is 10.3. The van der Waals surface area contributed by atoms with Gasteiger partial charge in [-0.3, -0.25) is 4.79 Å². The molecule has 6 heteroatoms. The summed E-state index contributed by atoms with van der Waals surface area (Å²) in [5, 5.41) is 0. The number of aryl methyl sites for hydroxylation is 2. The van der Waals surface area contributed by atoms with E-state index in [1.807, 2.05) is 48.7 Å². The second kappa shape index (κ2) is 6.33. The molecule has 2 heterocycles. The predicted molar refractivity (Wildman–Crippen MR) is 97.5 cm³/mol. The Bertz CT molecular complexity index is 928. The summed E-state index contributed by atoms with van der Waals surface area (Å²) in [5.41, 5.74) is 3.26. The van der Waals surface area contributed by atoms with Gasteiger partial charge in [-0.1, -0.05) is 0 Å². The minimum absolute atomic E-state index is 0.0362. The van der Waals surface area contributed by atoms with Crippen LogP contribution in [0.3, 0.4) is 0 Å². The highest BCUT2D eigenvalue weighted by atomic mass is 32.2. The Morgan fingerprint density at radius 3 is 2.56 bits per heavy atom. The molecule has 25 heavy (non-hydrogen) atoms. The SMILES string of the molecule is Cc1cc(S(C)(=O)=O)cc(C(=O)N2CCCC2c2cccn2C)c1C. The average Bonchev–Trinajstić information content (AvgIpc) is 3.16. The lowest BCUT2D eigenvalue weighted by atomic mass is 10.0. The molecule has 2 aromatic rings. The van der Waals surface area contributed by atoms with Crippen molar-refractivity contribution in [2.24, 2.45) is 7.05 Å². The molecule has 0 bridgehead atoms. The molecule has 134 valence electrons. The molecular weight excluding hydrogens is 336 g/mol. The van der Waals surface area contributed by atoms with Crippen molar-refractivity contribution in [3.05, 3.63) is 52.8 Å². The maximum atomic E-state index is 13.2. The van der Waals surface area contributed by atoms with Crippen molar-refractivity contribution in [3.8, 4) is 0 Å². The highest BCUT2D eigenvalue weighted by Crippen LogP contribution is 2.34. The van der Waals surface area contributed by atoms with Crippen LogP contribution >= 0.6 is 0 Å². The number of carbonyl (C=O) groups is 1. The van der Waals surface area contributed by atoms with Crippen molar-refractivity contribution in [1.82, 2.24) is 9.47 Å². The number of hydrogen-bond acceptors (Lipinski definition) is 3. The van der Waals surface area contributed by atoms with E-state index < -0.39 is 9.84 Å². The molecular formula is C19H24N2O3S. The number of aromatic nitrogens is 1. The van der Waals surface area contributed by atoms with Crippen LogP contribution < -0.4 is 0 Å². The zero-order chi connectivity index (χ0) is 18.4. The second-order valence-electron chi connectivity index (χ2n) is 6.89. The van der Waals surface area contributed by atoms with Crippen LogP contribution in [0.2, 0.25) is 0 Å². The van der Waals surface area contributed by atoms with Gasteiger partial charge < -0.3 is 9.47 Å². The van der Waals surface area contributed by atoms with Crippen LogP contribution in [0, 0.1) is 13.8 Å². The zero-order valence-corrected chi connectivity index (χ0v) is 15.9. The maximum Gasteiger partial charge on any atom is 0.254 e. The van der Waals surface area contributed by atoms with Gasteiger partial charge in [-0.05, 0) is 62.1 Å². The molecule has 1 atom stereocenters. The van der Waals surface area contributed by atoms with E-state index in [9.17, 15) is 13.2 Å². The minimum atomic E-state index is -3.36. The molecule has 1 aromatic carbocycles. The van der Waals surface area contributed by atoms with Gasteiger partial charge in [0.05, 0.1) is 10.9 Å². The Hall–Kier alpha value is -2.08. The minimum Gasteiger partial charge on any atom is -0.353 e. The summed E-state index contributed by atoms with van der Waals surface area (Å²) in [4.78, 5) is 15.3. The van der Waals surface area contributed by atoms with E-state index in [4.69, 9.17) is 0 Å². The molecule has 5 nitrogen and oxygen atoms in total. The smallest absolute Gasteiger partial charge is 0.254 e. The van der Waals surface area contributed by atoms with Crippen molar-refractivity contribution in [2.45, 2.75) is 37.6 Å². The first kappa shape index (κ1) is 17.7. The molecule has 0 saturated carbocycles. The van der Waals surface area contributed by atoms with E-state index >= 15 is 0 Å². The Balaban J connectivity index is 2.03. The lowest BCUT2D eigenvalue weighted by Crippen LogP contribution is -2.32. The molecule has 1 aliphatic rings. The fraction of sp³-hybridized carbons (Fsp3) is 0.421. The number of amides is 1. The fourth-order valence-corrected chi connectivity index (χ4v) is 4.28. The van der Waals surface area contributed by atoms with Crippen LogP contribution in [0.5, 0.6) is 0 Å². The Morgan fingerprint density at radius 1 is 1.24 bits per heavy atom. The lowest BCUT2D eigenvalue weighted by molar-refractivity contribution is 0.0730. The summed E-state index contributed by atoms with van der Waals surface area (Å²) < 4.78 is 26.0. The fourth-order valence-electron chi connectivity index (χ4n) is 3.55. The number of benzene rings is 1. The average molecular weight is 360 g/mol. The summed E-state index contributed by atoms with van der Waals surface area (Å²) in [6.07, 6.45) is 5.03. The summed E-state index contributed by atoms with van der Waals surface area (Å²) >= 11 is 0. The molecule has 1 aromatic heterocycles. The summed E-state index contributed by atoms with van der Waals surface area (Å²) in [6, 6.07) is 7.23. The third kappa shape index (κ3) is 3.23. The van der Waals surface area contributed by atoms with Crippen molar-refractivity contribution < 1.29 is 13.2 Å².